The molecule has 1 fully saturated rings. The van der Waals surface area contributed by atoms with Gasteiger partial charge in [0.15, 0.2) is 5.58 Å². The van der Waals surface area contributed by atoms with Crippen molar-refractivity contribution in [3.8, 4) is 0 Å². The molecule has 2 aromatic rings. The number of hydrogen-bond acceptors (Lipinski definition) is 3. The van der Waals surface area contributed by atoms with Crippen LogP contribution in [0.15, 0.2) is 28.8 Å². The molecule has 1 aliphatic carbocycles. The van der Waals surface area contributed by atoms with Gasteiger partial charge >= 0.3 is 0 Å². The van der Waals surface area contributed by atoms with Gasteiger partial charge in [0, 0.05) is 5.39 Å². The summed E-state index contributed by atoms with van der Waals surface area (Å²) in [6.45, 7) is 0. The number of para-hydroxylation sites is 1. The molecule has 1 saturated carbocycles. The van der Waals surface area contributed by atoms with Gasteiger partial charge in [-0.25, -0.2) is 0 Å². The van der Waals surface area contributed by atoms with E-state index in [1.54, 1.807) is 0 Å². The van der Waals surface area contributed by atoms with E-state index in [2.05, 4.69) is 5.16 Å². The highest BCUT2D eigenvalue weighted by molar-refractivity contribution is 5.85. The molecule has 0 spiro atoms. The molecule has 0 atom stereocenters. The maximum atomic E-state index is 11.2. The number of aldehydes is 1. The van der Waals surface area contributed by atoms with Crippen molar-refractivity contribution in [3.05, 3.63) is 30.0 Å². The Kier molecular flexibility index (Phi) is 1.69. The fraction of sp³-hybridized carbons (Fsp3) is 0.333. The van der Waals surface area contributed by atoms with Crippen LogP contribution in [0.3, 0.4) is 0 Å². The molecule has 3 nitrogen and oxygen atoms in total. The fourth-order valence-corrected chi connectivity index (χ4v) is 2.21. The lowest BCUT2D eigenvalue weighted by Crippen LogP contribution is -2.36. The third-order valence-corrected chi connectivity index (χ3v) is 3.32. The minimum Gasteiger partial charge on any atom is -0.356 e. The summed E-state index contributed by atoms with van der Waals surface area (Å²) in [4.78, 5) is 11.2. The van der Waals surface area contributed by atoms with E-state index in [0.29, 0.717) is 0 Å². The Balaban J connectivity index is 2.22. The summed E-state index contributed by atoms with van der Waals surface area (Å²) >= 11 is 0. The van der Waals surface area contributed by atoms with E-state index < -0.39 is 0 Å². The normalized spacial score (nSPS) is 18.7. The summed E-state index contributed by atoms with van der Waals surface area (Å²) in [7, 11) is 0. The highest BCUT2D eigenvalue weighted by Crippen LogP contribution is 2.43. The predicted octanol–water partition coefficient (Wildman–Crippen LogP) is 2.45. The van der Waals surface area contributed by atoms with Gasteiger partial charge in [-0.15, -0.1) is 0 Å². The number of hydrogen-bond donors (Lipinski definition) is 0. The molecule has 0 N–H and O–H groups in total. The van der Waals surface area contributed by atoms with Crippen molar-refractivity contribution in [2.24, 2.45) is 0 Å². The van der Waals surface area contributed by atoms with Gasteiger partial charge in [0.2, 0.25) is 0 Å². The van der Waals surface area contributed by atoms with Gasteiger partial charge in [0.1, 0.15) is 12.0 Å². The first-order valence-corrected chi connectivity index (χ1v) is 5.17. The van der Waals surface area contributed by atoms with Crippen LogP contribution in [-0.4, -0.2) is 11.4 Å². The average Bonchev–Trinajstić information content (AvgIpc) is 2.62. The van der Waals surface area contributed by atoms with E-state index in [-0.39, 0.29) is 5.41 Å². The Bertz CT molecular complexity index is 511. The monoisotopic (exact) mass is 201 g/mol. The largest absolute Gasteiger partial charge is 0.356 e. The molecular weight excluding hydrogens is 190 g/mol. The molecule has 1 heterocycles. The van der Waals surface area contributed by atoms with E-state index in [4.69, 9.17) is 4.52 Å². The molecule has 1 aromatic heterocycles. The number of rotatable bonds is 2. The molecular formula is C12H11NO2. The second-order valence-corrected chi connectivity index (χ2v) is 4.15. The fourth-order valence-electron chi connectivity index (χ4n) is 2.21. The molecule has 0 amide bonds. The molecule has 76 valence electrons. The van der Waals surface area contributed by atoms with Gasteiger partial charge in [-0.3, -0.25) is 0 Å². The number of aromatic nitrogens is 1. The summed E-state index contributed by atoms with van der Waals surface area (Å²) < 4.78 is 5.22. The SMILES string of the molecule is O=CC1(c2noc3ccccc23)CCC1. The molecule has 0 unspecified atom stereocenters. The lowest BCUT2D eigenvalue weighted by Gasteiger charge is -2.34. The molecule has 0 aliphatic heterocycles. The second kappa shape index (κ2) is 2.92. The maximum absolute atomic E-state index is 11.2. The van der Waals surface area contributed by atoms with Crippen molar-refractivity contribution in [2.75, 3.05) is 0 Å². The molecule has 1 aromatic carbocycles. The van der Waals surface area contributed by atoms with Crippen LogP contribution < -0.4 is 0 Å². The highest BCUT2D eigenvalue weighted by atomic mass is 16.5. The minimum atomic E-state index is -0.368. The second-order valence-electron chi connectivity index (χ2n) is 4.15. The first kappa shape index (κ1) is 8.65. The van der Waals surface area contributed by atoms with Crippen LogP contribution in [-0.2, 0) is 10.2 Å². The highest BCUT2D eigenvalue weighted by Gasteiger charge is 2.42. The van der Waals surface area contributed by atoms with Crippen LogP contribution in [0.2, 0.25) is 0 Å². The van der Waals surface area contributed by atoms with Crippen molar-refractivity contribution in [3.63, 3.8) is 0 Å². The van der Waals surface area contributed by atoms with Crippen LogP contribution in [0, 0.1) is 0 Å². The Morgan fingerprint density at radius 3 is 2.80 bits per heavy atom. The van der Waals surface area contributed by atoms with Gasteiger partial charge < -0.3 is 9.32 Å². The van der Waals surface area contributed by atoms with E-state index >= 15 is 0 Å². The van der Waals surface area contributed by atoms with Crippen LogP contribution in [0.4, 0.5) is 0 Å². The van der Waals surface area contributed by atoms with Crippen LogP contribution >= 0.6 is 0 Å². The van der Waals surface area contributed by atoms with E-state index in [1.807, 2.05) is 24.3 Å². The van der Waals surface area contributed by atoms with Gasteiger partial charge in [-0.2, -0.15) is 0 Å². The molecule has 15 heavy (non-hydrogen) atoms. The standard InChI is InChI=1S/C12H11NO2/c14-8-12(6-3-7-12)11-9-4-1-2-5-10(9)15-13-11/h1-2,4-5,8H,3,6-7H2. The van der Waals surface area contributed by atoms with Crippen molar-refractivity contribution < 1.29 is 9.32 Å². The topological polar surface area (TPSA) is 43.1 Å². The third kappa shape index (κ3) is 1.06. The summed E-state index contributed by atoms with van der Waals surface area (Å²) in [5.41, 5.74) is 1.21. The first-order valence-electron chi connectivity index (χ1n) is 5.17. The zero-order chi connectivity index (χ0) is 10.3. The van der Waals surface area contributed by atoms with Crippen molar-refractivity contribution >= 4 is 17.3 Å². The van der Waals surface area contributed by atoms with Gasteiger partial charge in [-0.05, 0) is 25.0 Å². The van der Waals surface area contributed by atoms with Crippen LogP contribution in [0.25, 0.3) is 11.0 Å². The molecule has 1 aliphatic rings. The van der Waals surface area contributed by atoms with E-state index in [9.17, 15) is 4.79 Å². The predicted molar refractivity (Wildman–Crippen MR) is 55.6 cm³/mol. The summed E-state index contributed by atoms with van der Waals surface area (Å²) in [6.07, 6.45) is 3.92. The summed E-state index contributed by atoms with van der Waals surface area (Å²) in [5, 5.41) is 5.03. The van der Waals surface area contributed by atoms with Crippen molar-refractivity contribution in [2.45, 2.75) is 24.7 Å². The zero-order valence-corrected chi connectivity index (χ0v) is 8.27. The maximum Gasteiger partial charge on any atom is 0.167 e. The Labute approximate surface area is 87.1 Å². The number of nitrogens with zero attached hydrogens (tertiary/aromatic N) is 1. The molecule has 0 saturated heterocycles. The Hall–Kier alpha value is -1.64. The van der Waals surface area contributed by atoms with Crippen LogP contribution in [0.5, 0.6) is 0 Å². The van der Waals surface area contributed by atoms with Crippen molar-refractivity contribution in [1.29, 1.82) is 0 Å². The summed E-state index contributed by atoms with van der Waals surface area (Å²) in [6, 6.07) is 7.69. The lowest BCUT2D eigenvalue weighted by atomic mass is 9.67. The van der Waals surface area contributed by atoms with E-state index in [0.717, 1.165) is 42.2 Å². The van der Waals surface area contributed by atoms with E-state index in [1.165, 1.54) is 0 Å². The van der Waals surface area contributed by atoms with Crippen molar-refractivity contribution in [1.82, 2.24) is 5.16 Å². The molecule has 0 radical (unpaired) electrons. The van der Waals surface area contributed by atoms with Gasteiger partial charge in [0.25, 0.3) is 0 Å². The zero-order valence-electron chi connectivity index (χ0n) is 8.27. The number of carbonyl (C=O) groups excluding carboxylic acids is 1. The summed E-state index contributed by atoms with van der Waals surface area (Å²) in [5.74, 6) is 0. The number of carbonyl (C=O) groups is 1. The average molecular weight is 201 g/mol. The van der Waals surface area contributed by atoms with Gasteiger partial charge in [-0.1, -0.05) is 23.7 Å². The minimum absolute atomic E-state index is 0.368. The Morgan fingerprint density at radius 1 is 1.33 bits per heavy atom. The molecule has 0 bridgehead atoms. The first-order chi connectivity index (χ1) is 7.36. The van der Waals surface area contributed by atoms with Crippen LogP contribution in [0.1, 0.15) is 25.0 Å². The van der Waals surface area contributed by atoms with Gasteiger partial charge in [0.05, 0.1) is 5.41 Å². The lowest BCUT2D eigenvalue weighted by molar-refractivity contribution is -0.115. The molecule has 3 heteroatoms. The third-order valence-electron chi connectivity index (χ3n) is 3.32. The number of benzene rings is 1. The quantitative estimate of drug-likeness (QED) is 0.701. The number of fused-ring (bicyclic) bond motifs is 1. The Morgan fingerprint density at radius 2 is 2.13 bits per heavy atom. The molecule has 3 rings (SSSR count). The smallest absolute Gasteiger partial charge is 0.167 e.